The molecule has 0 bridgehead atoms. The largest absolute Gasteiger partial charge is 0.355 e. The van der Waals surface area contributed by atoms with Crippen LogP contribution in [0.15, 0.2) is 42.5 Å². The van der Waals surface area contributed by atoms with Gasteiger partial charge in [0.05, 0.1) is 0 Å². The van der Waals surface area contributed by atoms with E-state index in [1.54, 1.807) is 13.0 Å². The number of carbonyl (C=O) groups excluding carboxylic acids is 2. The average molecular weight is 270 g/mol. The highest BCUT2D eigenvalue weighted by atomic mass is 16.2. The molecule has 0 saturated carbocycles. The zero-order valence-corrected chi connectivity index (χ0v) is 11.6. The van der Waals surface area contributed by atoms with Crippen molar-refractivity contribution in [3.63, 3.8) is 0 Å². The summed E-state index contributed by atoms with van der Waals surface area (Å²) in [6.45, 7) is 4.06. The second-order valence-electron chi connectivity index (χ2n) is 4.65. The monoisotopic (exact) mass is 270 g/mol. The van der Waals surface area contributed by atoms with E-state index < -0.39 is 6.04 Å². The molecule has 2 N–H and O–H groups in total. The van der Waals surface area contributed by atoms with Crippen LogP contribution < -0.4 is 10.6 Å². The summed E-state index contributed by atoms with van der Waals surface area (Å²) < 4.78 is 0. The van der Waals surface area contributed by atoms with Crippen LogP contribution in [0.4, 0.5) is 0 Å². The molecule has 0 spiro atoms. The minimum atomic E-state index is -0.547. The van der Waals surface area contributed by atoms with Crippen LogP contribution in [0.5, 0.6) is 0 Å². The van der Waals surface area contributed by atoms with Crippen molar-refractivity contribution in [2.24, 2.45) is 0 Å². The molecule has 2 rings (SSSR count). The molecule has 4 nitrogen and oxygen atoms in total. The predicted molar refractivity (Wildman–Crippen MR) is 79.6 cm³/mol. The molecule has 0 fully saturated rings. The van der Waals surface area contributed by atoms with Crippen molar-refractivity contribution in [1.82, 2.24) is 10.6 Å². The summed E-state index contributed by atoms with van der Waals surface area (Å²) in [7, 11) is 0. The van der Waals surface area contributed by atoms with Gasteiger partial charge in [0.15, 0.2) is 0 Å². The van der Waals surface area contributed by atoms with Crippen molar-refractivity contribution in [1.29, 1.82) is 0 Å². The number of fused-ring (bicyclic) bond motifs is 1. The third kappa shape index (κ3) is 3.15. The Labute approximate surface area is 118 Å². The summed E-state index contributed by atoms with van der Waals surface area (Å²) in [5.41, 5.74) is 0.555. The second kappa shape index (κ2) is 6.19. The molecular formula is C16H18N2O2. The number of hydrogen-bond acceptors (Lipinski definition) is 2. The lowest BCUT2D eigenvalue weighted by Crippen LogP contribution is -2.44. The maximum absolute atomic E-state index is 12.1. The van der Waals surface area contributed by atoms with E-state index in [2.05, 4.69) is 10.6 Å². The van der Waals surface area contributed by atoms with Crippen LogP contribution >= 0.6 is 0 Å². The van der Waals surface area contributed by atoms with Crippen molar-refractivity contribution in [3.8, 4) is 0 Å². The van der Waals surface area contributed by atoms with Gasteiger partial charge in [0, 0.05) is 12.1 Å². The first-order valence-electron chi connectivity index (χ1n) is 6.69. The Hall–Kier alpha value is -2.36. The number of nitrogens with one attached hydrogen (secondary N) is 2. The minimum Gasteiger partial charge on any atom is -0.355 e. The smallest absolute Gasteiger partial charge is 0.251 e. The first-order valence-corrected chi connectivity index (χ1v) is 6.69. The van der Waals surface area contributed by atoms with Crippen molar-refractivity contribution in [3.05, 3.63) is 48.0 Å². The van der Waals surface area contributed by atoms with Gasteiger partial charge in [-0.1, -0.05) is 30.3 Å². The molecule has 0 aromatic heterocycles. The van der Waals surface area contributed by atoms with Crippen molar-refractivity contribution < 1.29 is 9.59 Å². The molecule has 1 atom stereocenters. The Kier molecular flexibility index (Phi) is 4.35. The van der Waals surface area contributed by atoms with Gasteiger partial charge in [0.25, 0.3) is 5.91 Å². The number of amides is 2. The van der Waals surface area contributed by atoms with Gasteiger partial charge in [-0.25, -0.2) is 0 Å². The normalized spacial score (nSPS) is 11.9. The highest BCUT2D eigenvalue weighted by Crippen LogP contribution is 2.15. The molecule has 2 amide bonds. The molecular weight excluding hydrogens is 252 g/mol. The summed E-state index contributed by atoms with van der Waals surface area (Å²) in [4.78, 5) is 23.7. The quantitative estimate of drug-likeness (QED) is 0.893. The van der Waals surface area contributed by atoms with Crippen LogP contribution in [0.2, 0.25) is 0 Å². The molecule has 0 aliphatic heterocycles. The summed E-state index contributed by atoms with van der Waals surface area (Å²) in [6.07, 6.45) is 0. The third-order valence-electron chi connectivity index (χ3n) is 3.10. The minimum absolute atomic E-state index is 0.179. The Morgan fingerprint density at radius 2 is 1.80 bits per heavy atom. The first-order chi connectivity index (χ1) is 9.61. The molecule has 2 aromatic carbocycles. The van der Waals surface area contributed by atoms with Gasteiger partial charge >= 0.3 is 0 Å². The zero-order chi connectivity index (χ0) is 14.5. The van der Waals surface area contributed by atoms with E-state index >= 15 is 0 Å². The second-order valence-corrected chi connectivity index (χ2v) is 4.65. The van der Waals surface area contributed by atoms with E-state index in [4.69, 9.17) is 0 Å². The van der Waals surface area contributed by atoms with Gasteiger partial charge in [0.1, 0.15) is 6.04 Å². The Morgan fingerprint density at radius 3 is 2.50 bits per heavy atom. The molecule has 20 heavy (non-hydrogen) atoms. The number of benzene rings is 2. The van der Waals surface area contributed by atoms with Gasteiger partial charge in [-0.3, -0.25) is 9.59 Å². The van der Waals surface area contributed by atoms with Gasteiger partial charge in [-0.15, -0.1) is 0 Å². The van der Waals surface area contributed by atoms with Crippen LogP contribution in [0.25, 0.3) is 10.8 Å². The summed E-state index contributed by atoms with van der Waals surface area (Å²) in [6, 6.07) is 12.8. The summed E-state index contributed by atoms with van der Waals surface area (Å²) in [5, 5.41) is 7.46. The standard InChI is InChI=1S/C16H18N2O2/c1-3-17-15(19)11(2)18-16(20)14-9-8-12-6-4-5-7-13(12)10-14/h4-11H,3H2,1-2H3,(H,17,19)(H,18,20)/t11-/m0/s1. The molecule has 0 aliphatic rings. The average Bonchev–Trinajstić information content (AvgIpc) is 2.46. The molecule has 104 valence electrons. The van der Waals surface area contributed by atoms with Gasteiger partial charge < -0.3 is 10.6 Å². The van der Waals surface area contributed by atoms with E-state index in [0.29, 0.717) is 12.1 Å². The highest BCUT2D eigenvalue weighted by Gasteiger charge is 2.15. The zero-order valence-electron chi connectivity index (χ0n) is 11.6. The molecule has 0 unspecified atom stereocenters. The SMILES string of the molecule is CCNC(=O)[C@H](C)NC(=O)c1ccc2ccccc2c1. The van der Waals surface area contributed by atoms with Crippen LogP contribution in [-0.4, -0.2) is 24.4 Å². The van der Waals surface area contributed by atoms with E-state index in [1.807, 2.05) is 43.3 Å². The third-order valence-corrected chi connectivity index (χ3v) is 3.10. The first kappa shape index (κ1) is 14.1. The fraction of sp³-hybridized carbons (Fsp3) is 0.250. The van der Waals surface area contributed by atoms with Gasteiger partial charge in [0.2, 0.25) is 5.91 Å². The lowest BCUT2D eigenvalue weighted by atomic mass is 10.1. The van der Waals surface area contributed by atoms with Crippen LogP contribution in [0.1, 0.15) is 24.2 Å². The fourth-order valence-electron chi connectivity index (χ4n) is 2.00. The molecule has 4 heteroatoms. The predicted octanol–water partition coefficient (Wildman–Crippen LogP) is 2.09. The van der Waals surface area contributed by atoms with Gasteiger partial charge in [-0.2, -0.15) is 0 Å². The Balaban J connectivity index is 2.13. The number of carbonyl (C=O) groups is 2. The van der Waals surface area contributed by atoms with E-state index in [9.17, 15) is 9.59 Å². The number of rotatable bonds is 4. The summed E-state index contributed by atoms with van der Waals surface area (Å²) >= 11 is 0. The highest BCUT2D eigenvalue weighted by molar-refractivity contribution is 6.00. The molecule has 0 aliphatic carbocycles. The molecule has 0 saturated heterocycles. The molecule has 0 radical (unpaired) electrons. The van der Waals surface area contributed by atoms with Crippen LogP contribution in [0, 0.1) is 0 Å². The van der Waals surface area contributed by atoms with Crippen LogP contribution in [-0.2, 0) is 4.79 Å². The van der Waals surface area contributed by atoms with Crippen molar-refractivity contribution in [2.45, 2.75) is 19.9 Å². The lowest BCUT2D eigenvalue weighted by Gasteiger charge is -2.13. The molecule has 0 heterocycles. The Bertz CT molecular complexity index is 637. The maximum atomic E-state index is 12.1. The number of hydrogen-bond donors (Lipinski definition) is 2. The lowest BCUT2D eigenvalue weighted by molar-refractivity contribution is -0.122. The van der Waals surface area contributed by atoms with E-state index in [0.717, 1.165) is 10.8 Å². The molecule has 2 aromatic rings. The van der Waals surface area contributed by atoms with E-state index in [-0.39, 0.29) is 11.8 Å². The fourth-order valence-corrected chi connectivity index (χ4v) is 2.00. The van der Waals surface area contributed by atoms with Crippen molar-refractivity contribution in [2.75, 3.05) is 6.54 Å². The summed E-state index contributed by atoms with van der Waals surface area (Å²) in [5.74, 6) is -0.420. The van der Waals surface area contributed by atoms with E-state index in [1.165, 1.54) is 0 Å². The maximum Gasteiger partial charge on any atom is 0.251 e. The van der Waals surface area contributed by atoms with Crippen molar-refractivity contribution >= 4 is 22.6 Å². The Morgan fingerprint density at radius 1 is 1.10 bits per heavy atom. The van der Waals surface area contributed by atoms with Gasteiger partial charge in [-0.05, 0) is 36.8 Å². The topological polar surface area (TPSA) is 58.2 Å². The van der Waals surface area contributed by atoms with Crippen LogP contribution in [0.3, 0.4) is 0 Å². The number of likely N-dealkylation sites (N-methyl/N-ethyl adjacent to an activating group) is 1.